The molecule has 0 atom stereocenters. The van der Waals surface area contributed by atoms with Crippen LogP contribution in [0.1, 0.15) is 15.9 Å². The van der Waals surface area contributed by atoms with E-state index in [0.29, 0.717) is 5.56 Å². The lowest BCUT2D eigenvalue weighted by Gasteiger charge is -2.34. The van der Waals surface area contributed by atoms with Crippen molar-refractivity contribution in [1.29, 1.82) is 0 Å². The lowest BCUT2D eigenvalue weighted by Crippen LogP contribution is -2.42. The molecule has 96 valence electrons. The van der Waals surface area contributed by atoms with Crippen molar-refractivity contribution in [2.75, 3.05) is 11.6 Å². The molecule has 2 aromatic carbocycles. The molecule has 0 bridgehead atoms. The number of carbonyl (C=O) groups excluding carboxylic acids is 1. The summed E-state index contributed by atoms with van der Waals surface area (Å²) >= 11 is 0. The first-order chi connectivity index (χ1) is 9.16. The summed E-state index contributed by atoms with van der Waals surface area (Å²) < 4.78 is 0. The van der Waals surface area contributed by atoms with E-state index >= 15 is 0 Å². The van der Waals surface area contributed by atoms with E-state index in [1.165, 1.54) is 0 Å². The molecule has 1 aliphatic heterocycles. The number of rotatable bonds is 1. The van der Waals surface area contributed by atoms with Crippen LogP contribution in [0, 0.1) is 6.92 Å². The number of hydroxylamine groups is 2. The van der Waals surface area contributed by atoms with Crippen LogP contribution < -0.4 is 4.90 Å². The van der Waals surface area contributed by atoms with Gasteiger partial charge in [-0.1, -0.05) is 24.3 Å². The van der Waals surface area contributed by atoms with E-state index in [0.717, 1.165) is 22.0 Å². The van der Waals surface area contributed by atoms with E-state index in [2.05, 4.69) is 0 Å². The number of para-hydroxylation sites is 1. The maximum Gasteiger partial charge on any atom is 0.281 e. The summed E-state index contributed by atoms with van der Waals surface area (Å²) in [5.74, 6) is -0.362. The number of aryl methyl sites for hydroxylation is 1. The van der Waals surface area contributed by atoms with E-state index in [9.17, 15) is 10.0 Å². The second kappa shape index (κ2) is 4.40. The first kappa shape index (κ1) is 11.7. The molecule has 4 heteroatoms. The van der Waals surface area contributed by atoms with Gasteiger partial charge >= 0.3 is 0 Å². The molecule has 0 saturated carbocycles. The fraction of sp³-hybridized carbons (Fsp3) is 0.133. The molecular weight excluding hydrogens is 240 g/mol. The number of benzene rings is 2. The van der Waals surface area contributed by atoms with Crippen molar-refractivity contribution in [2.45, 2.75) is 6.92 Å². The zero-order valence-electron chi connectivity index (χ0n) is 10.6. The van der Waals surface area contributed by atoms with Gasteiger partial charge in [0, 0.05) is 5.69 Å². The highest BCUT2D eigenvalue weighted by molar-refractivity contribution is 6.02. The smallest absolute Gasteiger partial charge is 0.281 e. The standard InChI is InChI=1S/C15H14N2O2/c1-11-5-4-6-12(9-11)16-10-17(19)15(18)13-7-2-3-8-14(13)16/h2-9,19H,10H2,1H3. The molecule has 0 fully saturated rings. The highest BCUT2D eigenvalue weighted by Gasteiger charge is 2.28. The van der Waals surface area contributed by atoms with Gasteiger partial charge in [0.25, 0.3) is 5.91 Å². The third-order valence-electron chi connectivity index (χ3n) is 3.25. The van der Waals surface area contributed by atoms with Crippen molar-refractivity contribution in [3.8, 4) is 0 Å². The fourth-order valence-electron chi connectivity index (χ4n) is 2.32. The second-order valence-electron chi connectivity index (χ2n) is 4.63. The summed E-state index contributed by atoms with van der Waals surface area (Å²) in [6.45, 7) is 2.15. The van der Waals surface area contributed by atoms with Crippen molar-refractivity contribution < 1.29 is 10.0 Å². The van der Waals surface area contributed by atoms with Crippen molar-refractivity contribution in [1.82, 2.24) is 5.06 Å². The second-order valence-corrected chi connectivity index (χ2v) is 4.63. The van der Waals surface area contributed by atoms with E-state index in [4.69, 9.17) is 0 Å². The van der Waals surface area contributed by atoms with Crippen molar-refractivity contribution in [3.05, 3.63) is 59.7 Å². The average molecular weight is 254 g/mol. The minimum absolute atomic E-state index is 0.138. The van der Waals surface area contributed by atoms with Gasteiger partial charge in [0.15, 0.2) is 0 Å². The van der Waals surface area contributed by atoms with Crippen LogP contribution in [0.5, 0.6) is 0 Å². The SMILES string of the molecule is Cc1cccc(N2CN(O)C(=O)c3ccccc32)c1. The highest BCUT2D eigenvalue weighted by Crippen LogP contribution is 2.32. The van der Waals surface area contributed by atoms with Crippen LogP contribution in [0.15, 0.2) is 48.5 Å². The molecule has 0 saturated heterocycles. The van der Waals surface area contributed by atoms with Gasteiger partial charge in [-0.05, 0) is 36.8 Å². The molecule has 2 aromatic rings. The van der Waals surface area contributed by atoms with Crippen LogP contribution >= 0.6 is 0 Å². The first-order valence-electron chi connectivity index (χ1n) is 6.11. The molecule has 0 radical (unpaired) electrons. The third-order valence-corrected chi connectivity index (χ3v) is 3.25. The number of anilines is 2. The van der Waals surface area contributed by atoms with Crippen LogP contribution in [-0.2, 0) is 0 Å². The number of nitrogens with zero attached hydrogens (tertiary/aromatic N) is 2. The number of hydrogen-bond acceptors (Lipinski definition) is 3. The summed E-state index contributed by atoms with van der Waals surface area (Å²) in [4.78, 5) is 13.8. The van der Waals surface area contributed by atoms with Crippen LogP contribution in [0.4, 0.5) is 11.4 Å². The van der Waals surface area contributed by atoms with Crippen molar-refractivity contribution in [2.24, 2.45) is 0 Å². The minimum atomic E-state index is -0.362. The topological polar surface area (TPSA) is 43.8 Å². The maximum absolute atomic E-state index is 11.9. The van der Waals surface area contributed by atoms with Crippen LogP contribution in [-0.4, -0.2) is 22.8 Å². The van der Waals surface area contributed by atoms with E-state index in [-0.39, 0.29) is 12.6 Å². The summed E-state index contributed by atoms with van der Waals surface area (Å²) in [6.07, 6.45) is 0. The predicted molar refractivity (Wildman–Crippen MR) is 72.6 cm³/mol. The Hall–Kier alpha value is -2.33. The molecule has 19 heavy (non-hydrogen) atoms. The van der Waals surface area contributed by atoms with Gasteiger partial charge in [-0.15, -0.1) is 0 Å². The Morgan fingerprint density at radius 2 is 1.89 bits per heavy atom. The lowest BCUT2D eigenvalue weighted by atomic mass is 10.1. The predicted octanol–water partition coefficient (Wildman–Crippen LogP) is 2.94. The van der Waals surface area contributed by atoms with Gasteiger partial charge < -0.3 is 4.90 Å². The highest BCUT2D eigenvalue weighted by atomic mass is 16.5. The molecule has 1 amide bonds. The summed E-state index contributed by atoms with van der Waals surface area (Å²) in [5.41, 5.74) is 3.43. The van der Waals surface area contributed by atoms with E-state index in [1.807, 2.05) is 48.2 Å². The van der Waals surface area contributed by atoms with Gasteiger partial charge in [-0.2, -0.15) is 5.06 Å². The Kier molecular flexibility index (Phi) is 2.72. The number of hydrogen-bond donors (Lipinski definition) is 1. The van der Waals surface area contributed by atoms with Gasteiger partial charge in [0.05, 0.1) is 11.3 Å². The largest absolute Gasteiger partial charge is 0.320 e. The molecule has 1 aliphatic rings. The van der Waals surface area contributed by atoms with E-state index < -0.39 is 0 Å². The number of carbonyl (C=O) groups is 1. The zero-order chi connectivity index (χ0) is 13.4. The minimum Gasteiger partial charge on any atom is -0.320 e. The molecule has 3 rings (SSSR count). The molecule has 0 aliphatic carbocycles. The lowest BCUT2D eigenvalue weighted by molar-refractivity contribution is -0.0583. The van der Waals surface area contributed by atoms with Gasteiger partial charge in [-0.3, -0.25) is 10.0 Å². The summed E-state index contributed by atoms with van der Waals surface area (Å²) in [7, 11) is 0. The number of amides is 1. The number of fused-ring (bicyclic) bond motifs is 1. The van der Waals surface area contributed by atoms with Crippen molar-refractivity contribution >= 4 is 17.3 Å². The molecular formula is C15H14N2O2. The molecule has 1 N–H and O–H groups in total. The van der Waals surface area contributed by atoms with Gasteiger partial charge in [-0.25, -0.2) is 0 Å². The van der Waals surface area contributed by atoms with Crippen LogP contribution in [0.2, 0.25) is 0 Å². The van der Waals surface area contributed by atoms with Crippen LogP contribution in [0.25, 0.3) is 0 Å². The maximum atomic E-state index is 11.9. The Morgan fingerprint density at radius 3 is 2.68 bits per heavy atom. The zero-order valence-corrected chi connectivity index (χ0v) is 10.6. The quantitative estimate of drug-likeness (QED) is 0.796. The molecule has 0 aromatic heterocycles. The average Bonchev–Trinajstić information content (AvgIpc) is 2.43. The Morgan fingerprint density at radius 1 is 1.11 bits per heavy atom. The Labute approximate surface area is 111 Å². The molecule has 0 unspecified atom stereocenters. The summed E-state index contributed by atoms with van der Waals surface area (Å²) in [5, 5.41) is 10.5. The molecule has 1 heterocycles. The summed E-state index contributed by atoms with van der Waals surface area (Å²) in [6, 6.07) is 15.3. The van der Waals surface area contributed by atoms with Gasteiger partial charge in [0.1, 0.15) is 6.67 Å². The Bertz CT molecular complexity index is 640. The monoisotopic (exact) mass is 254 g/mol. The molecule has 4 nitrogen and oxygen atoms in total. The third kappa shape index (κ3) is 1.96. The molecule has 0 spiro atoms. The normalized spacial score (nSPS) is 14.5. The Balaban J connectivity index is 2.13. The van der Waals surface area contributed by atoms with Crippen LogP contribution in [0.3, 0.4) is 0 Å². The van der Waals surface area contributed by atoms with Gasteiger partial charge in [0.2, 0.25) is 0 Å². The first-order valence-corrected chi connectivity index (χ1v) is 6.11. The fourth-order valence-corrected chi connectivity index (χ4v) is 2.32. The van der Waals surface area contributed by atoms with Crippen molar-refractivity contribution in [3.63, 3.8) is 0 Å². The van der Waals surface area contributed by atoms with E-state index in [1.54, 1.807) is 12.1 Å².